The van der Waals surface area contributed by atoms with Gasteiger partial charge in [0.2, 0.25) is 0 Å². The number of aryl methyl sites for hydroxylation is 1. The van der Waals surface area contributed by atoms with Gasteiger partial charge in [-0.25, -0.2) is 15.0 Å². The van der Waals surface area contributed by atoms with Crippen LogP contribution in [0.2, 0.25) is 0 Å². The van der Waals surface area contributed by atoms with Crippen molar-refractivity contribution in [2.75, 3.05) is 23.4 Å². The molecule has 0 amide bonds. The lowest BCUT2D eigenvalue weighted by Crippen LogP contribution is -2.32. The van der Waals surface area contributed by atoms with E-state index in [2.05, 4.69) is 54.0 Å². The molecule has 1 saturated heterocycles. The number of anilines is 2. The zero-order valence-corrected chi connectivity index (χ0v) is 16.1. The third kappa shape index (κ3) is 4.14. The number of hydrogen-bond acceptors (Lipinski definition) is 6. The first-order valence-corrected chi connectivity index (χ1v) is 9.72. The number of rotatable bonds is 7. The molecule has 1 aliphatic heterocycles. The van der Waals surface area contributed by atoms with E-state index >= 15 is 0 Å². The van der Waals surface area contributed by atoms with Gasteiger partial charge in [-0.3, -0.25) is 0 Å². The molecule has 0 aliphatic carbocycles. The standard InChI is InChI=1S/C21H26N6O/c1-16-22-7-9-26(16)13-18-5-2-4-17(10-18)12-23-20-11-21(25-15-24-20)27-8-3-6-19(27)14-28/h2,4-5,7,9-11,15,19,28H,3,6,8,12-14H2,1H3,(H,23,24,25). The number of nitrogens with zero attached hydrogens (tertiary/aromatic N) is 5. The Morgan fingerprint density at radius 3 is 2.89 bits per heavy atom. The van der Waals surface area contributed by atoms with Crippen LogP contribution in [-0.4, -0.2) is 43.8 Å². The van der Waals surface area contributed by atoms with Gasteiger partial charge in [0.05, 0.1) is 12.6 Å². The summed E-state index contributed by atoms with van der Waals surface area (Å²) in [7, 11) is 0. The lowest BCUT2D eigenvalue weighted by atomic mass is 10.1. The summed E-state index contributed by atoms with van der Waals surface area (Å²) in [6.07, 6.45) is 7.51. The van der Waals surface area contributed by atoms with E-state index in [0.717, 1.165) is 43.4 Å². The Bertz CT molecular complexity index is 925. The van der Waals surface area contributed by atoms with Gasteiger partial charge in [0.15, 0.2) is 0 Å². The van der Waals surface area contributed by atoms with Crippen LogP contribution in [0.5, 0.6) is 0 Å². The van der Waals surface area contributed by atoms with Crippen molar-refractivity contribution in [3.05, 3.63) is 66.0 Å². The van der Waals surface area contributed by atoms with Crippen LogP contribution in [0.1, 0.15) is 29.8 Å². The van der Waals surface area contributed by atoms with E-state index in [0.29, 0.717) is 6.54 Å². The SMILES string of the molecule is Cc1nccn1Cc1cccc(CNc2cc(N3CCCC3CO)ncn2)c1. The zero-order valence-electron chi connectivity index (χ0n) is 16.1. The Balaban J connectivity index is 1.41. The lowest BCUT2D eigenvalue weighted by Gasteiger charge is -2.24. The van der Waals surface area contributed by atoms with E-state index < -0.39 is 0 Å². The molecule has 0 spiro atoms. The predicted octanol–water partition coefficient (Wildman–Crippen LogP) is 2.60. The molecule has 1 aliphatic rings. The summed E-state index contributed by atoms with van der Waals surface area (Å²) >= 11 is 0. The molecule has 146 valence electrons. The molecule has 28 heavy (non-hydrogen) atoms. The second-order valence-electron chi connectivity index (χ2n) is 7.21. The Morgan fingerprint density at radius 2 is 2.07 bits per heavy atom. The van der Waals surface area contributed by atoms with Crippen molar-refractivity contribution in [3.8, 4) is 0 Å². The molecule has 1 aromatic carbocycles. The molecular weight excluding hydrogens is 352 g/mol. The van der Waals surface area contributed by atoms with E-state index in [1.165, 1.54) is 11.1 Å². The molecule has 4 rings (SSSR count). The fraction of sp³-hybridized carbons (Fsp3) is 0.381. The number of nitrogens with one attached hydrogen (secondary N) is 1. The summed E-state index contributed by atoms with van der Waals surface area (Å²) in [6.45, 7) is 4.61. The van der Waals surface area contributed by atoms with E-state index in [9.17, 15) is 5.11 Å². The van der Waals surface area contributed by atoms with Crippen molar-refractivity contribution in [3.63, 3.8) is 0 Å². The zero-order chi connectivity index (χ0) is 19.3. The first-order valence-electron chi connectivity index (χ1n) is 9.72. The normalized spacial score (nSPS) is 16.5. The number of hydrogen-bond donors (Lipinski definition) is 2. The van der Waals surface area contributed by atoms with E-state index in [4.69, 9.17) is 0 Å². The first kappa shape index (κ1) is 18.4. The summed E-state index contributed by atoms with van der Waals surface area (Å²) in [5.74, 6) is 2.68. The number of imidazole rings is 1. The molecular formula is C21H26N6O. The highest BCUT2D eigenvalue weighted by atomic mass is 16.3. The Kier molecular flexibility index (Phi) is 5.53. The van der Waals surface area contributed by atoms with Crippen LogP contribution in [-0.2, 0) is 13.1 Å². The first-order chi connectivity index (χ1) is 13.7. The summed E-state index contributed by atoms with van der Waals surface area (Å²) in [5.41, 5.74) is 2.44. The van der Waals surface area contributed by atoms with Crippen LogP contribution in [0, 0.1) is 6.92 Å². The largest absolute Gasteiger partial charge is 0.394 e. The van der Waals surface area contributed by atoms with Crippen molar-refractivity contribution >= 4 is 11.6 Å². The van der Waals surface area contributed by atoms with Crippen molar-refractivity contribution in [1.82, 2.24) is 19.5 Å². The highest BCUT2D eigenvalue weighted by Gasteiger charge is 2.25. The predicted molar refractivity (Wildman–Crippen MR) is 109 cm³/mol. The van der Waals surface area contributed by atoms with Crippen molar-refractivity contribution in [2.24, 2.45) is 0 Å². The van der Waals surface area contributed by atoms with E-state index in [1.54, 1.807) is 6.33 Å². The second kappa shape index (κ2) is 8.39. The number of aliphatic hydroxyl groups is 1. The second-order valence-corrected chi connectivity index (χ2v) is 7.21. The number of aliphatic hydroxyl groups excluding tert-OH is 1. The third-order valence-corrected chi connectivity index (χ3v) is 5.28. The van der Waals surface area contributed by atoms with Crippen LogP contribution in [0.25, 0.3) is 0 Å². The van der Waals surface area contributed by atoms with Crippen LogP contribution in [0.4, 0.5) is 11.6 Å². The molecule has 1 fully saturated rings. The molecule has 3 heterocycles. The van der Waals surface area contributed by atoms with Gasteiger partial charge in [-0.2, -0.15) is 0 Å². The van der Waals surface area contributed by atoms with Gasteiger partial charge in [0.25, 0.3) is 0 Å². The Morgan fingerprint density at radius 1 is 1.18 bits per heavy atom. The maximum absolute atomic E-state index is 9.55. The minimum atomic E-state index is 0.158. The molecule has 7 nitrogen and oxygen atoms in total. The number of aromatic nitrogens is 4. The van der Waals surface area contributed by atoms with Gasteiger partial charge in [-0.1, -0.05) is 24.3 Å². The minimum absolute atomic E-state index is 0.158. The van der Waals surface area contributed by atoms with Gasteiger partial charge in [0.1, 0.15) is 23.8 Å². The van der Waals surface area contributed by atoms with Crippen LogP contribution in [0.15, 0.2) is 49.1 Å². The summed E-state index contributed by atoms with van der Waals surface area (Å²) in [4.78, 5) is 15.2. The lowest BCUT2D eigenvalue weighted by molar-refractivity contribution is 0.266. The van der Waals surface area contributed by atoms with Crippen LogP contribution in [0.3, 0.4) is 0 Å². The van der Waals surface area contributed by atoms with Crippen molar-refractivity contribution in [2.45, 2.75) is 38.9 Å². The maximum atomic E-state index is 9.55. The average Bonchev–Trinajstić information content (AvgIpc) is 3.36. The van der Waals surface area contributed by atoms with Gasteiger partial charge in [0, 0.05) is 38.1 Å². The van der Waals surface area contributed by atoms with Crippen molar-refractivity contribution < 1.29 is 5.11 Å². The molecule has 1 atom stereocenters. The maximum Gasteiger partial charge on any atom is 0.134 e. The topological polar surface area (TPSA) is 79.1 Å². The fourth-order valence-corrected chi connectivity index (χ4v) is 3.73. The fourth-order valence-electron chi connectivity index (χ4n) is 3.73. The van der Waals surface area contributed by atoms with Crippen molar-refractivity contribution in [1.29, 1.82) is 0 Å². The number of benzene rings is 1. The molecule has 0 radical (unpaired) electrons. The molecule has 0 saturated carbocycles. The minimum Gasteiger partial charge on any atom is -0.394 e. The molecule has 1 unspecified atom stereocenters. The summed E-state index contributed by atoms with van der Waals surface area (Å²) in [5, 5.41) is 12.9. The quantitative estimate of drug-likeness (QED) is 0.658. The highest BCUT2D eigenvalue weighted by molar-refractivity contribution is 5.50. The summed E-state index contributed by atoms with van der Waals surface area (Å²) in [6, 6.07) is 10.7. The smallest absolute Gasteiger partial charge is 0.134 e. The van der Waals surface area contributed by atoms with Gasteiger partial charge in [-0.15, -0.1) is 0 Å². The Hall–Kier alpha value is -2.93. The van der Waals surface area contributed by atoms with Gasteiger partial charge in [-0.05, 0) is 30.9 Å². The molecule has 0 bridgehead atoms. The van der Waals surface area contributed by atoms with E-state index in [1.807, 2.05) is 25.4 Å². The van der Waals surface area contributed by atoms with Gasteiger partial charge < -0.3 is 19.9 Å². The van der Waals surface area contributed by atoms with Crippen LogP contribution >= 0.6 is 0 Å². The van der Waals surface area contributed by atoms with Crippen LogP contribution < -0.4 is 10.2 Å². The third-order valence-electron chi connectivity index (χ3n) is 5.28. The molecule has 2 N–H and O–H groups in total. The monoisotopic (exact) mass is 378 g/mol. The van der Waals surface area contributed by atoms with Gasteiger partial charge >= 0.3 is 0 Å². The van der Waals surface area contributed by atoms with E-state index in [-0.39, 0.29) is 12.6 Å². The average molecular weight is 378 g/mol. The summed E-state index contributed by atoms with van der Waals surface area (Å²) < 4.78 is 2.14. The Labute approximate surface area is 165 Å². The molecule has 3 aromatic rings. The molecule has 7 heteroatoms. The highest BCUT2D eigenvalue weighted by Crippen LogP contribution is 2.24. The molecule has 2 aromatic heterocycles.